The molecule has 2 rings (SSSR count). The Balaban J connectivity index is 2.46. The van der Waals surface area contributed by atoms with Gasteiger partial charge in [0, 0.05) is 12.5 Å². The van der Waals surface area contributed by atoms with E-state index in [-0.39, 0.29) is 11.6 Å². The van der Waals surface area contributed by atoms with Gasteiger partial charge in [-0.25, -0.2) is 4.79 Å². The van der Waals surface area contributed by atoms with E-state index >= 15 is 0 Å². The molecule has 0 aromatic heterocycles. The first kappa shape index (κ1) is 12.2. The monoisotopic (exact) mass is 235 g/mol. The van der Waals surface area contributed by atoms with E-state index < -0.39 is 5.60 Å². The summed E-state index contributed by atoms with van der Waals surface area (Å²) in [4.78, 5) is 13.8. The van der Waals surface area contributed by atoms with Crippen molar-refractivity contribution in [1.29, 1.82) is 0 Å². The fraction of sp³-hybridized carbons (Fsp3) is 0.643. The van der Waals surface area contributed by atoms with Crippen LogP contribution in [0.25, 0.3) is 0 Å². The molecule has 3 heteroatoms. The van der Waals surface area contributed by atoms with Crippen LogP contribution in [0.5, 0.6) is 0 Å². The average molecular weight is 235 g/mol. The lowest BCUT2D eigenvalue weighted by Gasteiger charge is -2.41. The third kappa shape index (κ3) is 1.38. The van der Waals surface area contributed by atoms with Gasteiger partial charge in [-0.15, -0.1) is 6.58 Å². The lowest BCUT2D eigenvalue weighted by molar-refractivity contribution is 0.0239. The summed E-state index contributed by atoms with van der Waals surface area (Å²) in [7, 11) is 0. The van der Waals surface area contributed by atoms with E-state index in [4.69, 9.17) is 4.74 Å². The quantitative estimate of drug-likeness (QED) is 0.703. The molecule has 0 aromatic rings. The van der Waals surface area contributed by atoms with Crippen molar-refractivity contribution in [2.75, 3.05) is 6.54 Å². The standard InChI is InChI=1S/C14H21NO2/c1-6-9-15-12(16)17-13(4)8-7-11(10(2)3)14(13,15)5/h6,11H,1-2,7-9H2,3-5H3/t11-,13-,14+/m0/s1. The Labute approximate surface area is 103 Å². The second-order valence-corrected chi connectivity index (χ2v) is 5.58. The van der Waals surface area contributed by atoms with Gasteiger partial charge in [0.2, 0.25) is 0 Å². The predicted octanol–water partition coefficient (Wildman–Crippen LogP) is 3.13. The molecule has 2 fully saturated rings. The molecule has 1 saturated heterocycles. The van der Waals surface area contributed by atoms with E-state index in [0.29, 0.717) is 12.5 Å². The van der Waals surface area contributed by atoms with Crippen molar-refractivity contribution in [2.24, 2.45) is 5.92 Å². The summed E-state index contributed by atoms with van der Waals surface area (Å²) in [5.74, 6) is 0.305. The van der Waals surface area contributed by atoms with Crippen LogP contribution in [0.4, 0.5) is 4.79 Å². The molecule has 0 radical (unpaired) electrons. The van der Waals surface area contributed by atoms with Crippen molar-refractivity contribution in [3.63, 3.8) is 0 Å². The zero-order valence-electron chi connectivity index (χ0n) is 11.0. The van der Waals surface area contributed by atoms with Gasteiger partial charge in [0.15, 0.2) is 0 Å². The summed E-state index contributed by atoms with van der Waals surface area (Å²) in [6.45, 7) is 14.5. The van der Waals surface area contributed by atoms with Crippen LogP contribution in [-0.2, 0) is 4.74 Å². The zero-order chi connectivity index (χ0) is 12.8. The van der Waals surface area contributed by atoms with Gasteiger partial charge >= 0.3 is 6.09 Å². The largest absolute Gasteiger partial charge is 0.441 e. The molecule has 0 unspecified atom stereocenters. The number of amides is 1. The smallest absolute Gasteiger partial charge is 0.411 e. The van der Waals surface area contributed by atoms with Gasteiger partial charge in [-0.3, -0.25) is 4.90 Å². The molecular weight excluding hydrogens is 214 g/mol. The van der Waals surface area contributed by atoms with Gasteiger partial charge in [-0.05, 0) is 33.6 Å². The van der Waals surface area contributed by atoms with Gasteiger partial charge in [-0.2, -0.15) is 0 Å². The molecule has 0 spiro atoms. The van der Waals surface area contributed by atoms with E-state index in [2.05, 4.69) is 20.1 Å². The first-order valence-electron chi connectivity index (χ1n) is 6.14. The lowest BCUT2D eigenvalue weighted by atomic mass is 9.77. The Morgan fingerprint density at radius 1 is 1.65 bits per heavy atom. The topological polar surface area (TPSA) is 29.5 Å². The predicted molar refractivity (Wildman–Crippen MR) is 67.7 cm³/mol. The summed E-state index contributed by atoms with van der Waals surface area (Å²) in [5.41, 5.74) is 0.449. The zero-order valence-corrected chi connectivity index (χ0v) is 11.0. The van der Waals surface area contributed by atoms with Gasteiger partial charge in [0.1, 0.15) is 5.60 Å². The minimum atomic E-state index is -0.392. The SMILES string of the molecule is C=CCN1C(=O)O[C@@]2(C)CC[C@@H](C(=C)C)[C@@]12C. The molecule has 1 amide bonds. The Morgan fingerprint density at radius 2 is 2.29 bits per heavy atom. The fourth-order valence-corrected chi connectivity index (χ4v) is 3.51. The molecule has 1 heterocycles. The highest BCUT2D eigenvalue weighted by Gasteiger charge is 2.66. The maximum Gasteiger partial charge on any atom is 0.411 e. The minimum Gasteiger partial charge on any atom is -0.441 e. The molecule has 0 aromatic carbocycles. The Morgan fingerprint density at radius 3 is 2.82 bits per heavy atom. The Hall–Kier alpha value is -1.25. The highest BCUT2D eigenvalue weighted by atomic mass is 16.6. The van der Waals surface area contributed by atoms with E-state index in [0.717, 1.165) is 18.4 Å². The summed E-state index contributed by atoms with van der Waals surface area (Å²) in [6, 6.07) is 0. The van der Waals surface area contributed by atoms with E-state index in [1.54, 1.807) is 6.08 Å². The second kappa shape index (κ2) is 3.62. The maximum atomic E-state index is 12.0. The third-order valence-corrected chi connectivity index (χ3v) is 4.66. The molecule has 1 aliphatic heterocycles. The van der Waals surface area contributed by atoms with Crippen molar-refractivity contribution in [3.8, 4) is 0 Å². The van der Waals surface area contributed by atoms with Crippen LogP contribution in [0.2, 0.25) is 0 Å². The normalized spacial score (nSPS) is 40.1. The van der Waals surface area contributed by atoms with Gasteiger partial charge in [-0.1, -0.05) is 18.2 Å². The number of hydrogen-bond acceptors (Lipinski definition) is 2. The average Bonchev–Trinajstić information content (AvgIpc) is 2.57. The van der Waals surface area contributed by atoms with Crippen molar-refractivity contribution >= 4 is 6.09 Å². The van der Waals surface area contributed by atoms with E-state index in [1.165, 1.54) is 0 Å². The van der Waals surface area contributed by atoms with Crippen LogP contribution in [0.15, 0.2) is 24.8 Å². The lowest BCUT2D eigenvalue weighted by Crippen LogP contribution is -2.55. The number of fused-ring (bicyclic) bond motifs is 1. The number of rotatable bonds is 3. The molecular formula is C14H21NO2. The third-order valence-electron chi connectivity index (χ3n) is 4.66. The summed E-state index contributed by atoms with van der Waals surface area (Å²) >= 11 is 0. The molecule has 1 saturated carbocycles. The fourth-order valence-electron chi connectivity index (χ4n) is 3.51. The summed E-state index contributed by atoms with van der Waals surface area (Å²) < 4.78 is 5.62. The highest BCUT2D eigenvalue weighted by Crippen LogP contribution is 2.55. The van der Waals surface area contributed by atoms with Crippen molar-refractivity contribution in [2.45, 2.75) is 44.8 Å². The summed E-state index contributed by atoms with van der Waals surface area (Å²) in [5, 5.41) is 0. The first-order valence-corrected chi connectivity index (χ1v) is 6.14. The highest BCUT2D eigenvalue weighted by molar-refractivity contribution is 5.73. The van der Waals surface area contributed by atoms with Gasteiger partial charge in [0.05, 0.1) is 5.54 Å². The van der Waals surface area contributed by atoms with E-state index in [9.17, 15) is 4.79 Å². The van der Waals surface area contributed by atoms with Crippen molar-refractivity contribution in [1.82, 2.24) is 4.90 Å². The number of carbonyl (C=O) groups excluding carboxylic acids is 1. The molecule has 2 aliphatic rings. The van der Waals surface area contributed by atoms with Crippen molar-refractivity contribution in [3.05, 3.63) is 24.8 Å². The van der Waals surface area contributed by atoms with Crippen LogP contribution in [-0.4, -0.2) is 28.7 Å². The van der Waals surface area contributed by atoms with Crippen LogP contribution in [0, 0.1) is 5.92 Å². The number of ether oxygens (including phenoxy) is 1. The van der Waals surface area contributed by atoms with Crippen LogP contribution in [0.3, 0.4) is 0 Å². The van der Waals surface area contributed by atoms with Crippen molar-refractivity contribution < 1.29 is 9.53 Å². The van der Waals surface area contributed by atoms with Crippen LogP contribution in [0.1, 0.15) is 33.6 Å². The molecule has 0 N–H and O–H groups in total. The first-order chi connectivity index (χ1) is 7.87. The molecule has 3 nitrogen and oxygen atoms in total. The van der Waals surface area contributed by atoms with Gasteiger partial charge in [0.25, 0.3) is 0 Å². The molecule has 3 atom stereocenters. The Bertz CT molecular complexity index is 390. The van der Waals surface area contributed by atoms with Crippen LogP contribution >= 0.6 is 0 Å². The minimum absolute atomic E-state index is 0.221. The summed E-state index contributed by atoms with van der Waals surface area (Å²) in [6.07, 6.45) is 3.47. The molecule has 94 valence electrons. The molecule has 17 heavy (non-hydrogen) atoms. The number of carbonyl (C=O) groups is 1. The maximum absolute atomic E-state index is 12.0. The van der Waals surface area contributed by atoms with E-state index in [1.807, 2.05) is 18.7 Å². The number of hydrogen-bond donors (Lipinski definition) is 0. The Kier molecular flexibility index (Phi) is 2.60. The second-order valence-electron chi connectivity index (χ2n) is 5.58. The number of nitrogens with zero attached hydrogens (tertiary/aromatic N) is 1. The van der Waals surface area contributed by atoms with Crippen LogP contribution < -0.4 is 0 Å². The molecule has 1 aliphatic carbocycles. The molecule has 0 bridgehead atoms. The van der Waals surface area contributed by atoms with Gasteiger partial charge < -0.3 is 4.74 Å².